The molecule has 0 aromatic heterocycles. The molecule has 5 heteroatoms. The molecule has 0 radical (unpaired) electrons. The largest absolute Gasteiger partial charge is 4.00 e. The quantitative estimate of drug-likeness (QED) is 0.387. The van der Waals surface area contributed by atoms with Crippen LogP contribution in [0.25, 0.3) is 0 Å². The van der Waals surface area contributed by atoms with Gasteiger partial charge in [-0.25, -0.2) is 0 Å². The van der Waals surface area contributed by atoms with Crippen molar-refractivity contribution < 1.29 is 62.0 Å². The molecule has 0 amide bonds. The molecule has 0 bridgehead atoms. The van der Waals surface area contributed by atoms with E-state index in [2.05, 4.69) is 0 Å². The van der Waals surface area contributed by atoms with Gasteiger partial charge >= 0.3 is 26.2 Å². The summed E-state index contributed by atoms with van der Waals surface area (Å²) in [6, 6.07) is 0. The first-order valence-corrected chi connectivity index (χ1v) is 0. The maximum atomic E-state index is 0. The molecule has 0 aromatic rings. The molecule has 0 heterocycles. The molecular weight excluding hydrogens is 194 g/mol. The fraction of sp³-hybridized carbons (Fsp3) is 0. The van der Waals surface area contributed by atoms with Crippen LogP contribution in [0, 0.1) is 0 Å². The van der Waals surface area contributed by atoms with Crippen LogP contribution in [-0.2, 0) is 26.2 Å². The summed E-state index contributed by atoms with van der Waals surface area (Å²) in [6.07, 6.45) is 0. The Hall–Kier alpha value is 1.38. The third kappa shape index (κ3) is 32.2. The summed E-state index contributed by atoms with van der Waals surface area (Å²) in [4.78, 5) is 0. The Morgan fingerprint density at radius 3 is 0.600 bits per heavy atom. The van der Waals surface area contributed by atoms with Crippen molar-refractivity contribution >= 4 is 0 Å². The van der Waals surface area contributed by atoms with Gasteiger partial charge in [-0.3, -0.25) is 0 Å². The van der Waals surface area contributed by atoms with Crippen LogP contribution in [0.3, 0.4) is 0 Å². The van der Waals surface area contributed by atoms with Gasteiger partial charge in [-0.1, -0.05) is 0 Å². The third-order valence-corrected chi connectivity index (χ3v) is 0. The van der Waals surface area contributed by atoms with E-state index in [1.54, 1.807) is 0 Å². The third-order valence-electron chi connectivity index (χ3n) is 0. The number of halogens is 2. The summed E-state index contributed by atoms with van der Waals surface area (Å²) in [5, 5.41) is 0. The van der Waals surface area contributed by atoms with E-state index in [1.807, 2.05) is 0 Å². The summed E-state index contributed by atoms with van der Waals surface area (Å²) < 4.78 is 0. The standard InChI is InChI=1S/2ClH.2H2O.Zr/h2*1H;2*1H2;/q;;;;+4/p-4. The molecule has 0 aliphatic rings. The molecule has 0 atom stereocenters. The molecule has 5 heavy (non-hydrogen) atoms. The van der Waals surface area contributed by atoms with E-state index in [9.17, 15) is 0 Å². The Morgan fingerprint density at radius 1 is 0.600 bits per heavy atom. The van der Waals surface area contributed by atoms with E-state index in [4.69, 9.17) is 0 Å². The van der Waals surface area contributed by atoms with Gasteiger partial charge in [-0.05, 0) is 0 Å². The predicted octanol–water partition coefficient (Wildman–Crippen LogP) is -6.35. The summed E-state index contributed by atoms with van der Waals surface area (Å²) in [5.74, 6) is 0. The van der Waals surface area contributed by atoms with Crippen LogP contribution in [0.5, 0.6) is 0 Å². The van der Waals surface area contributed by atoms with Gasteiger partial charge in [-0.2, -0.15) is 0 Å². The van der Waals surface area contributed by atoms with E-state index in [0.29, 0.717) is 0 Å². The second-order valence-corrected chi connectivity index (χ2v) is 0. The molecule has 0 spiro atoms. The topological polar surface area (TPSA) is 60.0 Å². The van der Waals surface area contributed by atoms with Gasteiger partial charge < -0.3 is 35.8 Å². The van der Waals surface area contributed by atoms with Crippen molar-refractivity contribution in [2.45, 2.75) is 0 Å². The zero-order valence-electron chi connectivity index (χ0n) is 2.15. The van der Waals surface area contributed by atoms with Crippen molar-refractivity contribution in [1.82, 2.24) is 0 Å². The van der Waals surface area contributed by atoms with Crippen LogP contribution in [0.4, 0.5) is 0 Å². The average molecular weight is 196 g/mol. The van der Waals surface area contributed by atoms with Gasteiger partial charge in [0.1, 0.15) is 0 Å². The number of hydrogen-bond acceptors (Lipinski definition) is 2. The Balaban J connectivity index is 0. The zero-order valence-corrected chi connectivity index (χ0v) is 6.12. The summed E-state index contributed by atoms with van der Waals surface area (Å²) in [6.45, 7) is 0. The maximum absolute atomic E-state index is 0. The second-order valence-electron chi connectivity index (χ2n) is 0. The Kier molecular flexibility index (Phi) is 1050. The van der Waals surface area contributed by atoms with Gasteiger partial charge in [0, 0.05) is 0 Å². The molecule has 32 valence electrons. The van der Waals surface area contributed by atoms with Crippen LogP contribution >= 0.6 is 0 Å². The van der Waals surface area contributed by atoms with Gasteiger partial charge in [0.25, 0.3) is 0 Å². The van der Waals surface area contributed by atoms with Gasteiger partial charge in [0.2, 0.25) is 0 Å². The Morgan fingerprint density at radius 2 is 0.600 bits per heavy atom. The first kappa shape index (κ1) is 96.7. The van der Waals surface area contributed by atoms with E-state index < -0.39 is 0 Å². The van der Waals surface area contributed by atoms with Gasteiger partial charge in [0.15, 0.2) is 0 Å². The summed E-state index contributed by atoms with van der Waals surface area (Å²) >= 11 is 0. The normalized spacial score (nSPS) is 0. The summed E-state index contributed by atoms with van der Waals surface area (Å²) in [5.41, 5.74) is 0. The van der Waals surface area contributed by atoms with Crippen LogP contribution in [-0.4, -0.2) is 11.0 Å². The average Bonchev–Trinajstić information content (AvgIpc) is 0. The molecule has 0 saturated carbocycles. The molecule has 2 N–H and O–H groups in total. The molecular formula is H2Cl2O2Zr. The SMILES string of the molecule is [Cl-].[Cl-].[OH-].[OH-].[Zr+4]. The minimum Gasteiger partial charge on any atom is -1.00 e. The zero-order chi connectivity index (χ0) is 0. The van der Waals surface area contributed by atoms with Gasteiger partial charge in [-0.15, -0.1) is 0 Å². The smallest absolute Gasteiger partial charge is 1.00 e. The van der Waals surface area contributed by atoms with Crippen LogP contribution in [0.1, 0.15) is 0 Å². The van der Waals surface area contributed by atoms with Gasteiger partial charge in [0.05, 0.1) is 0 Å². The Labute approximate surface area is 61.9 Å². The molecule has 0 fully saturated rings. The number of rotatable bonds is 0. The van der Waals surface area contributed by atoms with Crippen molar-refractivity contribution in [2.24, 2.45) is 0 Å². The van der Waals surface area contributed by atoms with Crippen molar-refractivity contribution in [3.8, 4) is 0 Å². The van der Waals surface area contributed by atoms with Crippen molar-refractivity contribution in [1.29, 1.82) is 0 Å². The molecule has 0 aromatic carbocycles. The fourth-order valence-electron chi connectivity index (χ4n) is 0. The predicted molar refractivity (Wildman–Crippen MR) is 3.87 cm³/mol. The molecule has 0 saturated heterocycles. The van der Waals surface area contributed by atoms with Crippen LogP contribution < -0.4 is 24.8 Å². The van der Waals surface area contributed by atoms with E-state index in [-0.39, 0.29) is 62.0 Å². The monoisotopic (exact) mass is 194 g/mol. The molecule has 0 aliphatic heterocycles. The molecule has 0 unspecified atom stereocenters. The minimum atomic E-state index is 0. The maximum Gasteiger partial charge on any atom is 4.00 e. The molecule has 0 rings (SSSR count). The Bertz CT molecular complexity index is 7.61. The van der Waals surface area contributed by atoms with Crippen molar-refractivity contribution in [3.63, 3.8) is 0 Å². The first-order chi connectivity index (χ1) is 0. The van der Waals surface area contributed by atoms with E-state index in [1.165, 1.54) is 0 Å². The summed E-state index contributed by atoms with van der Waals surface area (Å²) in [7, 11) is 0. The fourth-order valence-corrected chi connectivity index (χ4v) is 0. The first-order valence-electron chi connectivity index (χ1n) is 0. The van der Waals surface area contributed by atoms with E-state index in [0.717, 1.165) is 0 Å². The molecule has 2 nitrogen and oxygen atoms in total. The van der Waals surface area contributed by atoms with E-state index >= 15 is 0 Å². The minimum absolute atomic E-state index is 0. The van der Waals surface area contributed by atoms with Crippen LogP contribution in [0.15, 0.2) is 0 Å². The van der Waals surface area contributed by atoms with Crippen LogP contribution in [0.2, 0.25) is 0 Å². The number of hydrogen-bond donors (Lipinski definition) is 0. The molecule has 0 aliphatic carbocycles. The van der Waals surface area contributed by atoms with Crippen molar-refractivity contribution in [2.75, 3.05) is 0 Å². The second kappa shape index (κ2) is 54.1. The van der Waals surface area contributed by atoms with Crippen molar-refractivity contribution in [3.05, 3.63) is 0 Å².